The lowest BCUT2D eigenvalue weighted by atomic mass is 10.5. The van der Waals surface area contributed by atoms with Gasteiger partial charge in [-0.05, 0) is 47.1 Å². The van der Waals surface area contributed by atoms with Crippen LogP contribution in [0, 0.1) is 0 Å². The first-order chi connectivity index (χ1) is 15.6. The number of hydrogen-bond donors (Lipinski definition) is 0. The molecule has 0 aromatic carbocycles. The van der Waals surface area contributed by atoms with Crippen LogP contribution in [-0.4, -0.2) is 104 Å². The van der Waals surface area contributed by atoms with Crippen LogP contribution in [0.5, 0.6) is 0 Å². The van der Waals surface area contributed by atoms with Crippen LogP contribution >= 0.6 is 0 Å². The molecule has 0 fully saturated rings. The quantitative estimate of drug-likeness (QED) is 0.139. The molecule has 0 spiro atoms. The maximum atomic E-state index is 6.27. The Balaban J connectivity index is 4.57. The van der Waals surface area contributed by atoms with E-state index in [-0.39, 0.29) is 0 Å². The van der Waals surface area contributed by atoms with Crippen LogP contribution in [0.15, 0.2) is 0 Å². The average molecular weight is 501 g/mol. The lowest BCUT2D eigenvalue weighted by Gasteiger charge is -2.37. The fourth-order valence-electron chi connectivity index (χ4n) is 3.30. The zero-order valence-corrected chi connectivity index (χ0v) is 23.3. The van der Waals surface area contributed by atoms with Crippen molar-refractivity contribution in [2.45, 2.75) is 52.8 Å². The highest BCUT2D eigenvalue weighted by atomic mass is 28.4. The Hall–Kier alpha value is 0.0738. The number of hydrogen-bond acceptors (Lipinski definition) is 9. The molecule has 11 heteroatoms. The molecule has 0 N–H and O–H groups in total. The molecule has 0 saturated carbocycles. The Bertz CT molecular complexity index is 382. The molecule has 0 aliphatic heterocycles. The fraction of sp³-hybridized carbons (Fsp3) is 1.00. The van der Waals surface area contributed by atoms with E-state index in [2.05, 4.69) is 0 Å². The minimum absolute atomic E-state index is 0.537. The third-order valence-electron chi connectivity index (χ3n) is 4.42. The Morgan fingerprint density at radius 3 is 1.31 bits per heavy atom. The minimum Gasteiger partial charge on any atom is -0.395 e. The smallest absolute Gasteiger partial charge is 0.395 e. The summed E-state index contributed by atoms with van der Waals surface area (Å²) in [6, 6.07) is 0.796. The van der Waals surface area contributed by atoms with Gasteiger partial charge >= 0.3 is 17.4 Å². The second kappa shape index (κ2) is 21.6. The first-order valence-corrected chi connectivity index (χ1v) is 16.2. The van der Waals surface area contributed by atoms with Gasteiger partial charge in [0, 0.05) is 46.8 Å². The number of ether oxygens (including phenoxy) is 4. The SMILES string of the molecule is CCO[Si](CCCOCCOCCOCCOC)(C[Si](OCC)(OCC)OCC)OCC. The molecular weight excluding hydrogens is 452 g/mol. The lowest BCUT2D eigenvalue weighted by Crippen LogP contribution is -2.57. The second-order valence-corrected chi connectivity index (χ2v) is 13.4. The van der Waals surface area contributed by atoms with Gasteiger partial charge in [0.25, 0.3) is 0 Å². The molecule has 0 rings (SSSR count). The molecule has 0 bridgehead atoms. The van der Waals surface area contributed by atoms with Crippen molar-refractivity contribution in [2.75, 3.05) is 86.4 Å². The topological polar surface area (TPSA) is 83.1 Å². The van der Waals surface area contributed by atoms with Gasteiger partial charge in [0.15, 0.2) is 0 Å². The molecule has 9 nitrogen and oxygen atoms in total. The van der Waals surface area contributed by atoms with Gasteiger partial charge in [-0.3, -0.25) is 0 Å². The molecule has 0 aliphatic carbocycles. The number of methoxy groups -OCH3 is 1. The van der Waals surface area contributed by atoms with E-state index < -0.39 is 17.4 Å². The summed E-state index contributed by atoms with van der Waals surface area (Å²) in [4.78, 5) is 0. The zero-order valence-electron chi connectivity index (χ0n) is 21.3. The highest BCUT2D eigenvalue weighted by Crippen LogP contribution is 2.30. The largest absolute Gasteiger partial charge is 0.502 e. The van der Waals surface area contributed by atoms with E-state index >= 15 is 0 Å². The van der Waals surface area contributed by atoms with E-state index in [1.807, 2.05) is 34.6 Å². The predicted molar refractivity (Wildman–Crippen MR) is 128 cm³/mol. The van der Waals surface area contributed by atoms with Crippen LogP contribution in [0.2, 0.25) is 11.7 Å². The molecule has 0 amide bonds. The molecule has 0 unspecified atom stereocenters. The van der Waals surface area contributed by atoms with E-state index in [1.54, 1.807) is 7.11 Å². The molecule has 0 atom stereocenters. The van der Waals surface area contributed by atoms with Crippen molar-refractivity contribution < 1.29 is 41.1 Å². The lowest BCUT2D eigenvalue weighted by molar-refractivity contribution is 0.00352. The summed E-state index contributed by atoms with van der Waals surface area (Å²) in [5, 5.41) is 0. The number of rotatable bonds is 25. The molecule has 0 saturated heterocycles. The van der Waals surface area contributed by atoms with Crippen LogP contribution in [0.3, 0.4) is 0 Å². The van der Waals surface area contributed by atoms with Crippen molar-refractivity contribution in [3.05, 3.63) is 0 Å². The summed E-state index contributed by atoms with van der Waals surface area (Å²) < 4.78 is 52.3. The monoisotopic (exact) mass is 500 g/mol. The van der Waals surface area contributed by atoms with Crippen LogP contribution in [0.25, 0.3) is 0 Å². The molecule has 32 heavy (non-hydrogen) atoms. The zero-order chi connectivity index (χ0) is 24.0. The highest BCUT2D eigenvalue weighted by molar-refractivity contribution is 6.83. The minimum atomic E-state index is -2.88. The normalized spacial score (nSPS) is 12.6. The van der Waals surface area contributed by atoms with Gasteiger partial charge in [-0.2, -0.15) is 0 Å². The van der Waals surface area contributed by atoms with Crippen molar-refractivity contribution >= 4 is 17.4 Å². The molecule has 194 valence electrons. The third kappa shape index (κ3) is 15.1. The fourth-order valence-corrected chi connectivity index (χ4v) is 12.4. The van der Waals surface area contributed by atoms with Crippen molar-refractivity contribution in [2.24, 2.45) is 0 Å². The van der Waals surface area contributed by atoms with Crippen molar-refractivity contribution in [1.82, 2.24) is 0 Å². The first kappa shape index (κ1) is 32.1. The van der Waals surface area contributed by atoms with Crippen molar-refractivity contribution in [3.63, 3.8) is 0 Å². The summed E-state index contributed by atoms with van der Waals surface area (Å²) in [5.41, 5.74) is 0.587. The third-order valence-corrected chi connectivity index (χ3v) is 13.2. The molecular formula is C21H48O9Si2. The Kier molecular flexibility index (Phi) is 21.6. The molecule has 0 radical (unpaired) electrons. The highest BCUT2D eigenvalue weighted by Gasteiger charge is 2.53. The van der Waals surface area contributed by atoms with E-state index in [9.17, 15) is 0 Å². The van der Waals surface area contributed by atoms with Gasteiger partial charge in [0.2, 0.25) is 0 Å². The van der Waals surface area contributed by atoms with Gasteiger partial charge in [0.1, 0.15) is 0 Å². The van der Waals surface area contributed by atoms with Crippen LogP contribution in [0.4, 0.5) is 0 Å². The standard InChI is InChI=1S/C21H48O9Si2/c1-7-26-31(27-8-2,21-32(28-9-3,29-10-4)30-11-5)20-12-13-23-16-17-25-19-18-24-15-14-22-6/h7-21H2,1-6H3. The van der Waals surface area contributed by atoms with E-state index in [0.29, 0.717) is 84.9 Å². The predicted octanol–water partition coefficient (Wildman–Crippen LogP) is 3.18. The summed E-state index contributed by atoms with van der Waals surface area (Å²) in [7, 11) is -3.81. The molecule has 0 aliphatic rings. The molecule has 0 aromatic heterocycles. The van der Waals surface area contributed by atoms with Gasteiger partial charge in [-0.25, -0.2) is 0 Å². The van der Waals surface area contributed by atoms with E-state index in [1.165, 1.54) is 0 Å². The summed E-state index contributed by atoms with van der Waals surface area (Å²) >= 11 is 0. The Morgan fingerprint density at radius 2 is 0.906 bits per heavy atom. The van der Waals surface area contributed by atoms with Gasteiger partial charge in [-0.15, -0.1) is 0 Å². The van der Waals surface area contributed by atoms with Crippen LogP contribution < -0.4 is 0 Å². The Labute approximate surface area is 197 Å². The van der Waals surface area contributed by atoms with Gasteiger partial charge in [0.05, 0.1) is 45.3 Å². The molecule has 0 aromatic rings. The van der Waals surface area contributed by atoms with E-state index in [4.69, 9.17) is 41.1 Å². The summed E-state index contributed by atoms with van der Waals surface area (Å²) in [5.74, 6) is 0. The van der Waals surface area contributed by atoms with Crippen LogP contribution in [-0.2, 0) is 41.1 Å². The first-order valence-electron chi connectivity index (χ1n) is 12.0. The molecule has 0 heterocycles. The maximum Gasteiger partial charge on any atom is 0.502 e. The summed E-state index contributed by atoms with van der Waals surface area (Å²) in [6.45, 7) is 16.7. The van der Waals surface area contributed by atoms with Gasteiger partial charge in [-0.1, -0.05) is 0 Å². The maximum absolute atomic E-state index is 6.27. The van der Waals surface area contributed by atoms with Crippen LogP contribution in [0.1, 0.15) is 41.0 Å². The second-order valence-electron chi connectivity index (χ2n) is 6.87. The van der Waals surface area contributed by atoms with Crippen molar-refractivity contribution in [3.8, 4) is 0 Å². The average Bonchev–Trinajstić information content (AvgIpc) is 2.75. The summed E-state index contributed by atoms with van der Waals surface area (Å²) in [6.07, 6.45) is 0.835. The van der Waals surface area contributed by atoms with E-state index in [0.717, 1.165) is 12.5 Å². The Morgan fingerprint density at radius 1 is 0.500 bits per heavy atom. The van der Waals surface area contributed by atoms with Gasteiger partial charge < -0.3 is 41.1 Å². The van der Waals surface area contributed by atoms with Crippen molar-refractivity contribution in [1.29, 1.82) is 0 Å².